The third-order valence-corrected chi connectivity index (χ3v) is 2.61. The molecule has 0 radical (unpaired) electrons. The number of rotatable bonds is 2. The molecule has 1 aliphatic rings. The Hall–Kier alpha value is -1.49. The van der Waals surface area contributed by atoms with E-state index in [0.717, 1.165) is 38.5 Å². The largest absolute Gasteiger partial charge is 0.479 e. The van der Waals surface area contributed by atoms with Crippen LogP contribution in [0.3, 0.4) is 0 Å². The standard InChI is InChI=1S/C11H17N3O2/c1-15-11-9(12)3-4-10(13-11)14-5-2-7-16-8-6-14/h3-4H,2,5-8,12H2,1H3. The SMILES string of the molecule is COc1nc(N2CCCOCC2)ccc1N. The van der Waals surface area contributed by atoms with Gasteiger partial charge in [0.15, 0.2) is 0 Å². The zero-order valence-electron chi connectivity index (χ0n) is 9.48. The van der Waals surface area contributed by atoms with Crippen LogP contribution in [-0.4, -0.2) is 38.4 Å². The van der Waals surface area contributed by atoms with Gasteiger partial charge in [-0.15, -0.1) is 0 Å². The van der Waals surface area contributed by atoms with Crippen LogP contribution in [0.1, 0.15) is 6.42 Å². The van der Waals surface area contributed by atoms with Gasteiger partial charge in [-0.05, 0) is 18.6 Å². The van der Waals surface area contributed by atoms with Crippen molar-refractivity contribution in [1.82, 2.24) is 4.98 Å². The van der Waals surface area contributed by atoms with Crippen LogP contribution < -0.4 is 15.4 Å². The van der Waals surface area contributed by atoms with Crippen LogP contribution >= 0.6 is 0 Å². The summed E-state index contributed by atoms with van der Waals surface area (Å²) in [5.74, 6) is 1.39. The lowest BCUT2D eigenvalue weighted by atomic mass is 10.3. The average molecular weight is 223 g/mol. The van der Waals surface area contributed by atoms with Gasteiger partial charge in [-0.2, -0.15) is 4.98 Å². The molecule has 88 valence electrons. The highest BCUT2D eigenvalue weighted by atomic mass is 16.5. The third kappa shape index (κ3) is 2.36. The fraction of sp³-hybridized carbons (Fsp3) is 0.545. The monoisotopic (exact) mass is 223 g/mol. The summed E-state index contributed by atoms with van der Waals surface area (Å²) >= 11 is 0. The number of methoxy groups -OCH3 is 1. The predicted molar refractivity (Wildman–Crippen MR) is 62.9 cm³/mol. The van der Waals surface area contributed by atoms with E-state index in [4.69, 9.17) is 15.2 Å². The fourth-order valence-electron chi connectivity index (χ4n) is 1.76. The topological polar surface area (TPSA) is 60.6 Å². The molecule has 0 spiro atoms. The normalized spacial score (nSPS) is 16.9. The van der Waals surface area contributed by atoms with Gasteiger partial charge in [0.2, 0.25) is 5.88 Å². The smallest absolute Gasteiger partial charge is 0.238 e. The van der Waals surface area contributed by atoms with E-state index in [1.807, 2.05) is 12.1 Å². The highest BCUT2D eigenvalue weighted by Gasteiger charge is 2.12. The Kier molecular flexibility index (Phi) is 3.46. The van der Waals surface area contributed by atoms with Crippen molar-refractivity contribution in [2.75, 3.05) is 44.0 Å². The summed E-state index contributed by atoms with van der Waals surface area (Å²) in [6.07, 6.45) is 1.02. The maximum Gasteiger partial charge on any atom is 0.238 e. The van der Waals surface area contributed by atoms with Crippen LogP contribution in [0.2, 0.25) is 0 Å². The molecule has 5 nitrogen and oxygen atoms in total. The Bertz CT molecular complexity index is 349. The number of nitrogens with two attached hydrogens (primary N) is 1. The summed E-state index contributed by atoms with van der Waals surface area (Å²) in [5, 5.41) is 0. The van der Waals surface area contributed by atoms with Crippen molar-refractivity contribution < 1.29 is 9.47 Å². The lowest BCUT2D eigenvalue weighted by Gasteiger charge is -2.21. The third-order valence-electron chi connectivity index (χ3n) is 2.61. The molecule has 1 aromatic heterocycles. The quantitative estimate of drug-likeness (QED) is 0.807. The summed E-state index contributed by atoms with van der Waals surface area (Å²) in [4.78, 5) is 6.57. The second-order valence-electron chi connectivity index (χ2n) is 3.72. The molecule has 5 heteroatoms. The maximum absolute atomic E-state index is 5.73. The molecular weight excluding hydrogens is 206 g/mol. The Morgan fingerprint density at radius 3 is 3.06 bits per heavy atom. The van der Waals surface area contributed by atoms with Crippen molar-refractivity contribution in [2.45, 2.75) is 6.42 Å². The van der Waals surface area contributed by atoms with Gasteiger partial charge >= 0.3 is 0 Å². The maximum atomic E-state index is 5.73. The first-order chi connectivity index (χ1) is 7.81. The van der Waals surface area contributed by atoms with Gasteiger partial charge in [-0.3, -0.25) is 0 Å². The molecule has 0 aliphatic carbocycles. The first-order valence-electron chi connectivity index (χ1n) is 5.44. The Labute approximate surface area is 95.2 Å². The number of hydrogen-bond acceptors (Lipinski definition) is 5. The summed E-state index contributed by atoms with van der Waals surface area (Å²) in [6.45, 7) is 3.39. The van der Waals surface area contributed by atoms with Crippen molar-refractivity contribution >= 4 is 11.5 Å². The van der Waals surface area contributed by atoms with Crippen molar-refractivity contribution in [3.63, 3.8) is 0 Å². The first kappa shape index (κ1) is 11.0. The number of aromatic nitrogens is 1. The van der Waals surface area contributed by atoms with E-state index >= 15 is 0 Å². The van der Waals surface area contributed by atoms with Crippen LogP contribution in [0.25, 0.3) is 0 Å². The van der Waals surface area contributed by atoms with E-state index in [-0.39, 0.29) is 0 Å². The molecule has 0 bridgehead atoms. The molecule has 1 aliphatic heterocycles. The summed E-state index contributed by atoms with van der Waals surface area (Å²) in [5.41, 5.74) is 6.30. The van der Waals surface area contributed by atoms with Crippen molar-refractivity contribution in [1.29, 1.82) is 0 Å². The Morgan fingerprint density at radius 1 is 1.38 bits per heavy atom. The Morgan fingerprint density at radius 2 is 2.25 bits per heavy atom. The molecule has 0 atom stereocenters. The van der Waals surface area contributed by atoms with E-state index in [2.05, 4.69) is 9.88 Å². The molecule has 1 saturated heterocycles. The van der Waals surface area contributed by atoms with Crippen molar-refractivity contribution in [3.8, 4) is 5.88 Å². The lowest BCUT2D eigenvalue weighted by Crippen LogP contribution is -2.26. The molecule has 1 fully saturated rings. The summed E-state index contributed by atoms with van der Waals surface area (Å²) < 4.78 is 10.5. The highest BCUT2D eigenvalue weighted by Crippen LogP contribution is 2.23. The summed E-state index contributed by atoms with van der Waals surface area (Å²) in [7, 11) is 1.58. The number of hydrogen-bond donors (Lipinski definition) is 1. The number of nitrogens with zero attached hydrogens (tertiary/aromatic N) is 2. The zero-order valence-corrected chi connectivity index (χ0v) is 9.48. The van der Waals surface area contributed by atoms with Crippen LogP contribution in [0.15, 0.2) is 12.1 Å². The fourth-order valence-corrected chi connectivity index (χ4v) is 1.76. The number of ether oxygens (including phenoxy) is 2. The van der Waals surface area contributed by atoms with Gasteiger partial charge in [-0.1, -0.05) is 0 Å². The predicted octanol–water partition coefficient (Wildman–Crippen LogP) is 0.899. The van der Waals surface area contributed by atoms with Crippen LogP contribution in [0, 0.1) is 0 Å². The van der Waals surface area contributed by atoms with E-state index in [0.29, 0.717) is 11.6 Å². The van der Waals surface area contributed by atoms with Crippen LogP contribution in [0.5, 0.6) is 5.88 Å². The van der Waals surface area contributed by atoms with Crippen LogP contribution in [0.4, 0.5) is 11.5 Å². The van der Waals surface area contributed by atoms with E-state index < -0.39 is 0 Å². The molecule has 0 aromatic carbocycles. The van der Waals surface area contributed by atoms with Crippen molar-refractivity contribution in [3.05, 3.63) is 12.1 Å². The molecule has 2 heterocycles. The van der Waals surface area contributed by atoms with Gasteiger partial charge in [0.25, 0.3) is 0 Å². The minimum Gasteiger partial charge on any atom is -0.479 e. The molecule has 16 heavy (non-hydrogen) atoms. The van der Waals surface area contributed by atoms with E-state index in [1.54, 1.807) is 7.11 Å². The zero-order chi connectivity index (χ0) is 11.4. The second kappa shape index (κ2) is 5.03. The minimum absolute atomic E-state index is 0.489. The molecule has 2 N–H and O–H groups in total. The minimum atomic E-state index is 0.489. The molecule has 0 saturated carbocycles. The average Bonchev–Trinajstić information content (AvgIpc) is 2.58. The van der Waals surface area contributed by atoms with Gasteiger partial charge < -0.3 is 20.1 Å². The van der Waals surface area contributed by atoms with E-state index in [9.17, 15) is 0 Å². The Balaban J connectivity index is 2.18. The van der Waals surface area contributed by atoms with Crippen LogP contribution in [-0.2, 0) is 4.74 Å². The number of pyridine rings is 1. The number of anilines is 2. The summed E-state index contributed by atoms with van der Waals surface area (Å²) in [6, 6.07) is 3.75. The molecule has 1 aromatic rings. The molecule has 0 amide bonds. The number of nitrogen functional groups attached to an aromatic ring is 1. The van der Waals surface area contributed by atoms with Gasteiger partial charge in [0.05, 0.1) is 19.4 Å². The van der Waals surface area contributed by atoms with Gasteiger partial charge in [-0.25, -0.2) is 0 Å². The molecular formula is C11H17N3O2. The molecule has 2 rings (SSSR count). The van der Waals surface area contributed by atoms with E-state index in [1.165, 1.54) is 0 Å². The second-order valence-corrected chi connectivity index (χ2v) is 3.72. The van der Waals surface area contributed by atoms with Gasteiger partial charge in [0, 0.05) is 19.7 Å². The highest BCUT2D eigenvalue weighted by molar-refractivity contribution is 5.54. The van der Waals surface area contributed by atoms with Crippen molar-refractivity contribution in [2.24, 2.45) is 0 Å². The molecule has 0 unspecified atom stereocenters. The first-order valence-corrected chi connectivity index (χ1v) is 5.44. The van der Waals surface area contributed by atoms with Gasteiger partial charge in [0.1, 0.15) is 5.82 Å². The lowest BCUT2D eigenvalue weighted by molar-refractivity contribution is 0.152.